The van der Waals surface area contributed by atoms with Crippen molar-refractivity contribution >= 4 is 23.6 Å². The van der Waals surface area contributed by atoms with Crippen LogP contribution in [-0.2, 0) is 9.59 Å². The Hall–Kier alpha value is -1.56. The summed E-state index contributed by atoms with van der Waals surface area (Å²) in [5.74, 6) is -0.248. The molecule has 6 heteroatoms. The molecule has 1 aromatic heterocycles. The van der Waals surface area contributed by atoms with Crippen molar-refractivity contribution < 1.29 is 9.59 Å². The quantitative estimate of drug-likeness (QED) is 0.809. The van der Waals surface area contributed by atoms with Crippen LogP contribution in [0.5, 0.6) is 0 Å². The summed E-state index contributed by atoms with van der Waals surface area (Å²) in [6.45, 7) is 6.02. The molecular formula is C14H21N3O2S. The fraction of sp³-hybridized carbons (Fsp3) is 0.500. The van der Waals surface area contributed by atoms with Crippen LogP contribution in [0.3, 0.4) is 0 Å². The van der Waals surface area contributed by atoms with Crippen LogP contribution in [-0.4, -0.2) is 46.6 Å². The molecule has 0 bridgehead atoms. The van der Waals surface area contributed by atoms with Crippen LogP contribution in [0.4, 0.5) is 0 Å². The minimum absolute atomic E-state index is 0.0871. The lowest BCUT2D eigenvalue weighted by Crippen LogP contribution is -2.47. The van der Waals surface area contributed by atoms with E-state index in [1.54, 1.807) is 32.0 Å². The van der Waals surface area contributed by atoms with E-state index in [0.29, 0.717) is 6.54 Å². The van der Waals surface area contributed by atoms with E-state index in [9.17, 15) is 9.59 Å². The van der Waals surface area contributed by atoms with E-state index < -0.39 is 6.04 Å². The third-order valence-electron chi connectivity index (χ3n) is 2.88. The number of carbonyl (C=O) groups is 2. The van der Waals surface area contributed by atoms with Crippen molar-refractivity contribution in [2.45, 2.75) is 37.1 Å². The molecule has 0 aliphatic carbocycles. The van der Waals surface area contributed by atoms with Gasteiger partial charge < -0.3 is 10.2 Å². The topological polar surface area (TPSA) is 62.3 Å². The van der Waals surface area contributed by atoms with Crippen molar-refractivity contribution in [1.29, 1.82) is 0 Å². The van der Waals surface area contributed by atoms with Gasteiger partial charge in [-0.05, 0) is 32.9 Å². The van der Waals surface area contributed by atoms with Crippen molar-refractivity contribution in [1.82, 2.24) is 15.2 Å². The molecule has 0 unspecified atom stereocenters. The van der Waals surface area contributed by atoms with E-state index in [1.807, 2.05) is 25.1 Å². The van der Waals surface area contributed by atoms with E-state index in [2.05, 4.69) is 10.3 Å². The minimum atomic E-state index is -0.515. The summed E-state index contributed by atoms with van der Waals surface area (Å²) < 4.78 is 0. The molecule has 0 aliphatic rings. The molecule has 0 saturated carbocycles. The Labute approximate surface area is 124 Å². The van der Waals surface area contributed by atoms with Gasteiger partial charge in [0, 0.05) is 19.8 Å². The molecule has 20 heavy (non-hydrogen) atoms. The van der Waals surface area contributed by atoms with Crippen LogP contribution >= 0.6 is 11.8 Å². The Bertz CT molecular complexity index is 453. The normalized spacial score (nSPS) is 13.4. The van der Waals surface area contributed by atoms with Crippen molar-refractivity contribution in [2.75, 3.05) is 13.6 Å². The number of thioether (sulfide) groups is 1. The van der Waals surface area contributed by atoms with Crippen molar-refractivity contribution in [3.05, 3.63) is 24.4 Å². The summed E-state index contributed by atoms with van der Waals surface area (Å²) >= 11 is 1.37. The van der Waals surface area contributed by atoms with Gasteiger partial charge in [0.2, 0.25) is 11.8 Å². The number of nitrogens with zero attached hydrogens (tertiary/aromatic N) is 2. The maximum Gasteiger partial charge on any atom is 0.244 e. The van der Waals surface area contributed by atoms with Crippen LogP contribution in [0, 0.1) is 0 Å². The summed E-state index contributed by atoms with van der Waals surface area (Å²) in [6.07, 6.45) is 1.69. The molecule has 5 nitrogen and oxygen atoms in total. The minimum Gasteiger partial charge on any atom is -0.344 e. The number of likely N-dealkylation sites (N-methyl/N-ethyl adjacent to an activating group) is 1. The zero-order chi connectivity index (χ0) is 15.1. The monoisotopic (exact) mass is 295 g/mol. The van der Waals surface area contributed by atoms with Gasteiger partial charge in [-0.15, -0.1) is 0 Å². The highest BCUT2D eigenvalue weighted by molar-refractivity contribution is 8.00. The molecule has 110 valence electrons. The highest BCUT2D eigenvalue weighted by Crippen LogP contribution is 2.20. The van der Waals surface area contributed by atoms with Gasteiger partial charge >= 0.3 is 0 Å². The molecule has 0 spiro atoms. The second kappa shape index (κ2) is 7.89. The number of amides is 2. The molecule has 1 heterocycles. The lowest BCUT2D eigenvalue weighted by Gasteiger charge is -2.21. The number of nitrogens with one attached hydrogen (secondary N) is 1. The summed E-state index contributed by atoms with van der Waals surface area (Å²) in [7, 11) is 1.72. The third kappa shape index (κ3) is 4.85. The Morgan fingerprint density at radius 1 is 1.40 bits per heavy atom. The second-order valence-electron chi connectivity index (χ2n) is 4.51. The number of pyridine rings is 1. The summed E-state index contributed by atoms with van der Waals surface area (Å²) in [4.78, 5) is 29.7. The Morgan fingerprint density at radius 3 is 2.65 bits per heavy atom. The molecule has 2 amide bonds. The molecule has 2 atom stereocenters. The average Bonchev–Trinajstić information content (AvgIpc) is 2.46. The van der Waals surface area contributed by atoms with E-state index in [0.717, 1.165) is 5.03 Å². The van der Waals surface area contributed by atoms with Crippen LogP contribution in [0.2, 0.25) is 0 Å². The van der Waals surface area contributed by atoms with Crippen LogP contribution < -0.4 is 5.32 Å². The van der Waals surface area contributed by atoms with Gasteiger partial charge in [-0.25, -0.2) is 4.98 Å². The van der Waals surface area contributed by atoms with E-state index in [-0.39, 0.29) is 17.1 Å². The average molecular weight is 295 g/mol. The summed E-state index contributed by atoms with van der Waals surface area (Å²) in [5.41, 5.74) is 0. The molecule has 0 fully saturated rings. The van der Waals surface area contributed by atoms with Gasteiger partial charge in [0.1, 0.15) is 6.04 Å². The van der Waals surface area contributed by atoms with Crippen molar-refractivity contribution in [3.63, 3.8) is 0 Å². The smallest absolute Gasteiger partial charge is 0.244 e. The van der Waals surface area contributed by atoms with Gasteiger partial charge in [-0.2, -0.15) is 0 Å². The fourth-order valence-corrected chi connectivity index (χ4v) is 2.35. The van der Waals surface area contributed by atoms with Crippen LogP contribution in [0.15, 0.2) is 29.4 Å². The Morgan fingerprint density at radius 2 is 2.10 bits per heavy atom. The number of carbonyl (C=O) groups excluding carboxylic acids is 2. The largest absolute Gasteiger partial charge is 0.344 e. The van der Waals surface area contributed by atoms with Gasteiger partial charge in [-0.1, -0.05) is 17.8 Å². The van der Waals surface area contributed by atoms with Gasteiger partial charge in [0.25, 0.3) is 0 Å². The molecule has 0 saturated heterocycles. The highest BCUT2D eigenvalue weighted by atomic mass is 32.2. The van der Waals surface area contributed by atoms with Gasteiger partial charge in [0.05, 0.1) is 10.3 Å². The molecule has 1 N–H and O–H groups in total. The first-order chi connectivity index (χ1) is 9.45. The van der Waals surface area contributed by atoms with Gasteiger partial charge in [0.15, 0.2) is 0 Å². The summed E-state index contributed by atoms with van der Waals surface area (Å²) in [6, 6.07) is 5.05. The first kappa shape index (κ1) is 16.5. The van der Waals surface area contributed by atoms with E-state index in [4.69, 9.17) is 0 Å². The lowest BCUT2D eigenvalue weighted by molar-refractivity contribution is -0.134. The third-order valence-corrected chi connectivity index (χ3v) is 3.93. The SMILES string of the molecule is CCN(C)C(=O)[C@@H](C)NC(=O)[C@@H](C)Sc1ccccn1. The zero-order valence-corrected chi connectivity index (χ0v) is 13.1. The van der Waals surface area contributed by atoms with Crippen LogP contribution in [0.25, 0.3) is 0 Å². The first-order valence-electron chi connectivity index (χ1n) is 6.58. The molecule has 0 aliphatic heterocycles. The van der Waals surface area contributed by atoms with E-state index in [1.165, 1.54) is 11.8 Å². The molecule has 1 rings (SSSR count). The fourth-order valence-electron chi connectivity index (χ4n) is 1.53. The number of aromatic nitrogens is 1. The zero-order valence-electron chi connectivity index (χ0n) is 12.3. The maximum absolute atomic E-state index is 12.0. The number of hydrogen-bond acceptors (Lipinski definition) is 4. The predicted octanol–water partition coefficient (Wildman–Crippen LogP) is 1.55. The molecule has 0 radical (unpaired) electrons. The van der Waals surface area contributed by atoms with Gasteiger partial charge in [-0.3, -0.25) is 9.59 Å². The maximum atomic E-state index is 12.0. The second-order valence-corrected chi connectivity index (χ2v) is 5.87. The van der Waals surface area contributed by atoms with Crippen LogP contribution in [0.1, 0.15) is 20.8 Å². The van der Waals surface area contributed by atoms with E-state index >= 15 is 0 Å². The summed E-state index contributed by atoms with van der Waals surface area (Å²) in [5, 5.41) is 3.23. The Balaban J connectivity index is 2.51. The number of hydrogen-bond donors (Lipinski definition) is 1. The lowest BCUT2D eigenvalue weighted by atomic mass is 10.2. The molecule has 1 aromatic rings. The number of rotatable bonds is 6. The standard InChI is InChI=1S/C14H21N3O2S/c1-5-17(4)14(19)10(2)16-13(18)11(3)20-12-8-6-7-9-15-12/h6-11H,5H2,1-4H3,(H,16,18)/t10-,11-/m1/s1. The molecular weight excluding hydrogens is 274 g/mol. The highest BCUT2D eigenvalue weighted by Gasteiger charge is 2.22. The Kier molecular flexibility index (Phi) is 6.51. The predicted molar refractivity (Wildman–Crippen MR) is 80.5 cm³/mol. The molecule has 0 aromatic carbocycles. The van der Waals surface area contributed by atoms with Crippen molar-refractivity contribution in [2.24, 2.45) is 0 Å². The first-order valence-corrected chi connectivity index (χ1v) is 7.46. The van der Waals surface area contributed by atoms with Crippen molar-refractivity contribution in [3.8, 4) is 0 Å².